The lowest BCUT2D eigenvalue weighted by Gasteiger charge is -2.06. The fourth-order valence-corrected chi connectivity index (χ4v) is 0.152. The number of nitrogens with zero attached hydrogens (tertiary/aromatic N) is 1. The van der Waals surface area contributed by atoms with Gasteiger partial charge in [0, 0.05) is 10.4 Å². The summed E-state index contributed by atoms with van der Waals surface area (Å²) in [6, 6.07) is 0. The zero-order chi connectivity index (χ0) is 8.04. The maximum absolute atomic E-state index is 8.52. The Bertz CT molecular complexity index is 214. The minimum Gasteiger partial charge on any atom is -0.759 e. The molecule has 1 heterocycles. The third-order valence-electron chi connectivity index (χ3n) is 0.309. The molecule has 10 heavy (non-hydrogen) atoms. The molecule has 0 bridgehead atoms. The normalized spacial score (nSPS) is 13.0. The van der Waals surface area contributed by atoms with E-state index in [-0.39, 0.29) is 1.43 Å². The van der Waals surface area contributed by atoms with Crippen molar-refractivity contribution in [3.63, 3.8) is 0 Å². The van der Waals surface area contributed by atoms with Gasteiger partial charge >= 0.3 is 7.83 Å². The molecule has 0 aliphatic carbocycles. The Kier molecular flexibility index (Phi) is 3.52. The molecule has 0 saturated heterocycles. The zero-order valence-corrected chi connectivity index (χ0v) is 5.37. The van der Waals surface area contributed by atoms with Crippen LogP contribution in [0, 0.1) is 0 Å². The van der Waals surface area contributed by atoms with Crippen LogP contribution in [0.3, 0.4) is 0 Å². The van der Waals surface area contributed by atoms with Crippen molar-refractivity contribution in [2.45, 2.75) is 0 Å². The number of hydrogen-bond donors (Lipinski definition) is 0. The third kappa shape index (κ3) is 15.8. The molecule has 0 radical (unpaired) electrons. The van der Waals surface area contributed by atoms with E-state index in [4.69, 9.17) is 17.5 Å². The minimum absolute atomic E-state index is 0. The molecule has 0 aromatic heterocycles. The van der Waals surface area contributed by atoms with Crippen LogP contribution in [-0.4, -0.2) is 23.9 Å². The van der Waals surface area contributed by atoms with Crippen LogP contribution in [0.5, 0.6) is 0 Å². The second-order valence-corrected chi connectivity index (χ2v) is 1.85. The Labute approximate surface area is 58.9 Å². The molecule has 0 aromatic rings. The highest BCUT2D eigenvalue weighted by Crippen LogP contribution is 1.81. The lowest BCUT2D eigenvalue weighted by atomic mass is 11.0. The van der Waals surface area contributed by atoms with E-state index in [1.165, 1.54) is 12.5 Å². The smallest absolute Gasteiger partial charge is 0.759 e. The highest BCUT2D eigenvalue weighted by Gasteiger charge is 1.89. The van der Waals surface area contributed by atoms with Gasteiger partial charge in [-0.25, -0.2) is 0 Å². The molecule has 0 fully saturated rings. The topological polar surface area (TPSA) is 102 Å². The maximum Gasteiger partial charge on any atom is 1.00 e. The molecule has 0 atom stereocenters. The number of ether oxygens (including phenoxy) is 1. The summed E-state index contributed by atoms with van der Waals surface area (Å²) < 4.78 is 38.4. The van der Waals surface area contributed by atoms with E-state index in [9.17, 15) is 0 Å². The summed E-state index contributed by atoms with van der Waals surface area (Å²) in [6.07, 6.45) is 5.22. The van der Waals surface area contributed by atoms with Crippen LogP contribution in [0.2, 0.25) is 0 Å². The van der Waals surface area contributed by atoms with E-state index in [2.05, 4.69) is 16.1 Å². The number of aliphatic imine (C=N–C) groups is 1. The van der Waals surface area contributed by atoms with Crippen molar-refractivity contribution in [2.75, 3.05) is 0 Å². The molecular weight excluding hydrogens is 162 g/mol. The molecule has 0 unspecified atom stereocenters. The quantitative estimate of drug-likeness (QED) is 0.265. The highest BCUT2D eigenvalue weighted by molar-refractivity contribution is 7.79. The summed E-state index contributed by atoms with van der Waals surface area (Å²) in [5.74, 6) is 0. The second kappa shape index (κ2) is 3.91. The molecule has 0 amide bonds. The lowest BCUT2D eigenvalue weighted by molar-refractivity contribution is 0.352. The Morgan fingerprint density at radius 1 is 1.60 bits per heavy atom. The molecule has 0 spiro atoms. The lowest BCUT2D eigenvalue weighted by Crippen LogP contribution is -1.91. The van der Waals surface area contributed by atoms with Crippen molar-refractivity contribution in [2.24, 2.45) is 4.99 Å². The van der Waals surface area contributed by atoms with Gasteiger partial charge in [-0.05, 0) is 4.99 Å². The van der Waals surface area contributed by atoms with Crippen LogP contribution < -0.4 is 0 Å². The first-order valence-electron chi connectivity index (χ1n) is 1.92. The Morgan fingerprint density at radius 3 is 2.20 bits per heavy atom. The summed E-state index contributed by atoms with van der Waals surface area (Å²) in [7, 11) is -5.17. The van der Waals surface area contributed by atoms with Gasteiger partial charge in [-0.1, -0.05) is 0 Å². The van der Waals surface area contributed by atoms with Crippen molar-refractivity contribution < 1.29 is 23.7 Å². The van der Waals surface area contributed by atoms with Gasteiger partial charge in [0.15, 0.2) is 0 Å². The summed E-state index contributed by atoms with van der Waals surface area (Å²) in [6.45, 7) is 0. The van der Waals surface area contributed by atoms with Gasteiger partial charge in [-0.15, -0.1) is 0 Å². The van der Waals surface area contributed by atoms with Gasteiger partial charge in [-0.2, -0.15) is 0 Å². The molecular formula is C3H3NO5S. The van der Waals surface area contributed by atoms with Crippen LogP contribution in [0.4, 0.5) is 0 Å². The Hall–Kier alpha value is -1.01. The molecule has 0 aromatic carbocycles. The fraction of sp³-hybridized carbons (Fsp3) is 0. The number of rotatable bonds is 0. The van der Waals surface area contributed by atoms with Gasteiger partial charge in [-0.3, -0.25) is 13.2 Å². The Balaban J connectivity index is 0. The van der Waals surface area contributed by atoms with E-state index in [1.54, 1.807) is 0 Å². The monoisotopic (exact) mass is 165 g/mol. The van der Waals surface area contributed by atoms with Gasteiger partial charge < -0.3 is 9.11 Å². The van der Waals surface area contributed by atoms with Gasteiger partial charge in [0.05, 0.1) is 0 Å². The van der Waals surface area contributed by atoms with Crippen molar-refractivity contribution >= 4 is 16.8 Å². The average molecular weight is 165 g/mol. The van der Waals surface area contributed by atoms with Gasteiger partial charge in [0.1, 0.15) is 0 Å². The van der Waals surface area contributed by atoms with Crippen molar-refractivity contribution in [1.29, 1.82) is 0 Å². The van der Waals surface area contributed by atoms with Crippen LogP contribution in [0.25, 0.3) is 0 Å². The van der Waals surface area contributed by atoms with E-state index in [0.717, 1.165) is 0 Å². The average Bonchev–Trinajstić information content (AvgIpc) is 2.07. The fourth-order valence-electron chi connectivity index (χ4n) is 0.152. The van der Waals surface area contributed by atoms with Crippen molar-refractivity contribution in [1.82, 2.24) is 0 Å². The predicted octanol–water partition coefficient (Wildman–Crippen LogP) is -0.832. The molecule has 56 valence electrons. The van der Waals surface area contributed by atoms with Crippen LogP contribution in [0.15, 0.2) is 17.5 Å². The Morgan fingerprint density at radius 2 is 2.10 bits per heavy atom. The molecule has 6 nitrogen and oxygen atoms in total. The van der Waals surface area contributed by atoms with Gasteiger partial charge in [0.2, 0.25) is 6.20 Å². The predicted molar refractivity (Wildman–Crippen MR) is 29.2 cm³/mol. The van der Waals surface area contributed by atoms with E-state index >= 15 is 0 Å². The third-order valence-corrected chi connectivity index (χ3v) is 0.309. The molecule has 7 heteroatoms. The van der Waals surface area contributed by atoms with Crippen LogP contribution in [-0.2, 0) is 15.1 Å². The first-order valence-corrected chi connectivity index (χ1v) is 3.25. The van der Waals surface area contributed by atoms with E-state index in [0.29, 0.717) is 0 Å². The SMILES string of the molecule is O=S(=O)([O-])[O-].[C+]1=NC=CO1.[H+]. The highest BCUT2D eigenvalue weighted by atomic mass is 32.3. The first kappa shape index (κ1) is 8.99. The van der Waals surface area contributed by atoms with Gasteiger partial charge in [0.25, 0.3) is 6.26 Å². The summed E-state index contributed by atoms with van der Waals surface area (Å²) in [4.78, 5) is 3.43. The van der Waals surface area contributed by atoms with Crippen LogP contribution in [0.1, 0.15) is 1.43 Å². The van der Waals surface area contributed by atoms with E-state index < -0.39 is 10.4 Å². The van der Waals surface area contributed by atoms with Crippen molar-refractivity contribution in [3.05, 3.63) is 12.5 Å². The summed E-state index contributed by atoms with van der Waals surface area (Å²) >= 11 is 0. The number of hydrogen-bond acceptors (Lipinski definition) is 6. The second-order valence-electron chi connectivity index (χ2n) is 1.03. The van der Waals surface area contributed by atoms with E-state index in [1.807, 2.05) is 0 Å². The summed E-state index contributed by atoms with van der Waals surface area (Å²) in [5.41, 5.74) is 0. The molecule has 1 aliphatic heterocycles. The zero-order valence-electron chi connectivity index (χ0n) is 5.55. The standard InChI is InChI=1S/C3H2NO.H2O4S/c1-2-5-3-4-1;1-5(2,3)4/h1-2H;(H2,1,2,3,4)/q+1;/p-1. The first-order chi connectivity index (χ1) is 4.50. The molecule has 1 aliphatic rings. The molecule has 0 saturated carbocycles. The summed E-state index contributed by atoms with van der Waals surface area (Å²) in [5, 5.41) is 0. The largest absolute Gasteiger partial charge is 1.00 e. The molecule has 0 N–H and O–H groups in total. The minimum atomic E-state index is -5.17. The van der Waals surface area contributed by atoms with Crippen molar-refractivity contribution in [3.8, 4) is 0 Å². The van der Waals surface area contributed by atoms with Crippen LogP contribution >= 0.6 is 0 Å². The maximum atomic E-state index is 8.52. The molecule has 1 rings (SSSR count).